The normalized spacial score (nSPS) is 17.4. The minimum atomic E-state index is 0.0366. The van der Waals surface area contributed by atoms with Crippen molar-refractivity contribution in [2.45, 2.75) is 38.6 Å². The lowest BCUT2D eigenvalue weighted by atomic mass is 10.0. The molecule has 0 radical (unpaired) electrons. The van der Waals surface area contributed by atoms with E-state index < -0.39 is 0 Å². The van der Waals surface area contributed by atoms with Crippen molar-refractivity contribution < 1.29 is 4.79 Å². The average Bonchev–Trinajstić information content (AvgIpc) is 2.94. The molecule has 0 aliphatic carbocycles. The van der Waals surface area contributed by atoms with Crippen LogP contribution in [0.1, 0.15) is 53.3 Å². The molecule has 4 rings (SSSR count). The van der Waals surface area contributed by atoms with E-state index in [1.165, 1.54) is 0 Å². The van der Waals surface area contributed by atoms with Crippen molar-refractivity contribution in [3.05, 3.63) is 76.8 Å². The molecule has 2 aromatic heterocycles. The van der Waals surface area contributed by atoms with Crippen molar-refractivity contribution in [3.8, 4) is 5.69 Å². The molecule has 5 nitrogen and oxygen atoms in total. The van der Waals surface area contributed by atoms with Gasteiger partial charge in [0.2, 0.25) is 0 Å². The average molecular weight is 395 g/mol. The van der Waals surface area contributed by atoms with Crippen LogP contribution < -0.4 is 0 Å². The van der Waals surface area contributed by atoms with Crippen molar-refractivity contribution >= 4 is 17.5 Å². The number of rotatable bonds is 3. The fourth-order valence-corrected chi connectivity index (χ4v) is 4.11. The van der Waals surface area contributed by atoms with Crippen LogP contribution in [0.4, 0.5) is 0 Å². The number of carbonyl (C=O) groups excluding carboxylic acids is 1. The molecule has 6 heteroatoms. The molecule has 0 bridgehead atoms. The fourth-order valence-electron chi connectivity index (χ4n) is 3.93. The number of amides is 1. The number of carbonyl (C=O) groups is 1. The Hall–Kier alpha value is -2.66. The molecule has 0 N–H and O–H groups in total. The van der Waals surface area contributed by atoms with Crippen molar-refractivity contribution in [2.75, 3.05) is 6.54 Å². The lowest BCUT2D eigenvalue weighted by Gasteiger charge is -2.30. The summed E-state index contributed by atoms with van der Waals surface area (Å²) in [6, 6.07) is 11.6. The van der Waals surface area contributed by atoms with Crippen LogP contribution in [0.5, 0.6) is 0 Å². The quantitative estimate of drug-likeness (QED) is 0.629. The lowest BCUT2D eigenvalue weighted by Crippen LogP contribution is -2.35. The monoisotopic (exact) mass is 394 g/mol. The second kappa shape index (κ2) is 8.15. The first-order valence-corrected chi connectivity index (χ1v) is 10.0. The molecule has 0 saturated carbocycles. The SMILES string of the molecule is Cc1c(C(=O)N2CCCCCC2c2ccncc2)cnn1-c1cccc(Cl)c1. The Morgan fingerprint density at radius 2 is 1.96 bits per heavy atom. The molecule has 144 valence electrons. The molecular weight excluding hydrogens is 372 g/mol. The zero-order valence-corrected chi connectivity index (χ0v) is 16.6. The molecule has 3 heterocycles. The minimum Gasteiger partial charge on any atom is -0.331 e. The van der Waals surface area contributed by atoms with Crippen LogP contribution in [0, 0.1) is 6.92 Å². The highest BCUT2D eigenvalue weighted by atomic mass is 35.5. The summed E-state index contributed by atoms with van der Waals surface area (Å²) in [5, 5.41) is 5.11. The Morgan fingerprint density at radius 1 is 1.14 bits per heavy atom. The fraction of sp³-hybridized carbons (Fsp3) is 0.318. The highest BCUT2D eigenvalue weighted by Gasteiger charge is 2.29. The molecule has 1 unspecified atom stereocenters. The highest BCUT2D eigenvalue weighted by Crippen LogP contribution is 2.31. The number of likely N-dealkylation sites (tertiary alicyclic amines) is 1. The van der Waals surface area contributed by atoms with Gasteiger partial charge in [-0.05, 0) is 55.7 Å². The van der Waals surface area contributed by atoms with E-state index in [4.69, 9.17) is 11.6 Å². The van der Waals surface area contributed by atoms with Gasteiger partial charge in [-0.25, -0.2) is 4.68 Å². The summed E-state index contributed by atoms with van der Waals surface area (Å²) in [4.78, 5) is 19.6. The van der Waals surface area contributed by atoms with Crippen LogP contribution in [-0.2, 0) is 0 Å². The number of nitrogens with zero attached hydrogens (tertiary/aromatic N) is 4. The van der Waals surface area contributed by atoms with Gasteiger partial charge in [0.05, 0.1) is 29.2 Å². The summed E-state index contributed by atoms with van der Waals surface area (Å²) in [7, 11) is 0. The van der Waals surface area contributed by atoms with E-state index in [-0.39, 0.29) is 11.9 Å². The van der Waals surface area contributed by atoms with Gasteiger partial charge in [0.25, 0.3) is 5.91 Å². The standard InChI is InChI=1S/C22H23ClN4O/c1-16-20(15-25-27(16)19-7-5-6-18(23)14-19)22(28)26-13-4-2-3-8-21(26)17-9-11-24-12-10-17/h5-7,9-12,14-15,21H,2-4,8,13H2,1H3. The lowest BCUT2D eigenvalue weighted by molar-refractivity contribution is 0.0680. The Balaban J connectivity index is 1.67. The van der Waals surface area contributed by atoms with Gasteiger partial charge in [-0.15, -0.1) is 0 Å². The summed E-state index contributed by atoms with van der Waals surface area (Å²) < 4.78 is 1.78. The van der Waals surface area contributed by atoms with Crippen molar-refractivity contribution in [2.24, 2.45) is 0 Å². The van der Waals surface area contributed by atoms with Crippen LogP contribution in [0.2, 0.25) is 5.02 Å². The first kappa shape index (κ1) is 18.7. The number of halogens is 1. The number of pyridine rings is 1. The van der Waals surface area contributed by atoms with E-state index in [0.717, 1.165) is 49.2 Å². The zero-order valence-electron chi connectivity index (χ0n) is 15.9. The van der Waals surface area contributed by atoms with E-state index in [2.05, 4.69) is 10.1 Å². The van der Waals surface area contributed by atoms with Crippen LogP contribution in [0.15, 0.2) is 55.0 Å². The number of hydrogen-bond donors (Lipinski definition) is 0. The van der Waals surface area contributed by atoms with E-state index in [0.29, 0.717) is 10.6 Å². The van der Waals surface area contributed by atoms with Gasteiger partial charge < -0.3 is 4.90 Å². The zero-order chi connectivity index (χ0) is 19.5. The van der Waals surface area contributed by atoms with Crippen LogP contribution in [0.3, 0.4) is 0 Å². The molecule has 1 fully saturated rings. The Kier molecular flexibility index (Phi) is 5.44. The third-order valence-electron chi connectivity index (χ3n) is 5.40. The Labute approximate surface area is 170 Å². The smallest absolute Gasteiger partial charge is 0.257 e. The second-order valence-electron chi connectivity index (χ2n) is 7.18. The van der Waals surface area contributed by atoms with E-state index >= 15 is 0 Å². The molecular formula is C22H23ClN4O. The predicted octanol–water partition coefficient (Wildman–Crippen LogP) is 4.99. The molecule has 1 aliphatic heterocycles. The summed E-state index contributed by atoms with van der Waals surface area (Å²) >= 11 is 6.12. The maximum absolute atomic E-state index is 13.5. The summed E-state index contributed by atoms with van der Waals surface area (Å²) in [6.07, 6.45) is 9.53. The largest absolute Gasteiger partial charge is 0.331 e. The molecule has 1 amide bonds. The second-order valence-corrected chi connectivity index (χ2v) is 7.62. The number of hydrogen-bond acceptors (Lipinski definition) is 3. The minimum absolute atomic E-state index is 0.0366. The van der Waals surface area contributed by atoms with Gasteiger partial charge in [0.1, 0.15) is 0 Å². The molecule has 1 saturated heterocycles. The molecule has 1 aliphatic rings. The third-order valence-corrected chi connectivity index (χ3v) is 5.63. The van der Waals surface area contributed by atoms with Gasteiger partial charge in [-0.2, -0.15) is 5.10 Å². The third kappa shape index (κ3) is 3.67. The Bertz CT molecular complexity index is 970. The number of aromatic nitrogens is 3. The van der Waals surface area contributed by atoms with Crippen molar-refractivity contribution in [1.82, 2.24) is 19.7 Å². The van der Waals surface area contributed by atoms with Crippen LogP contribution in [-0.4, -0.2) is 32.1 Å². The summed E-state index contributed by atoms with van der Waals surface area (Å²) in [6.45, 7) is 2.69. The molecule has 1 aromatic carbocycles. The van der Waals surface area contributed by atoms with Gasteiger partial charge in [0, 0.05) is 24.0 Å². The van der Waals surface area contributed by atoms with Crippen molar-refractivity contribution in [1.29, 1.82) is 0 Å². The van der Waals surface area contributed by atoms with Gasteiger partial charge >= 0.3 is 0 Å². The van der Waals surface area contributed by atoms with E-state index in [1.807, 2.05) is 48.2 Å². The first-order valence-electron chi connectivity index (χ1n) is 9.66. The molecule has 3 aromatic rings. The predicted molar refractivity (Wildman–Crippen MR) is 110 cm³/mol. The van der Waals surface area contributed by atoms with E-state index in [9.17, 15) is 4.79 Å². The van der Waals surface area contributed by atoms with Gasteiger partial charge in [-0.3, -0.25) is 9.78 Å². The topological polar surface area (TPSA) is 51.0 Å². The Morgan fingerprint density at radius 3 is 2.75 bits per heavy atom. The van der Waals surface area contributed by atoms with Crippen LogP contribution >= 0.6 is 11.6 Å². The van der Waals surface area contributed by atoms with Crippen molar-refractivity contribution in [3.63, 3.8) is 0 Å². The van der Waals surface area contributed by atoms with Gasteiger partial charge in [-0.1, -0.05) is 30.5 Å². The molecule has 0 spiro atoms. The van der Waals surface area contributed by atoms with Gasteiger partial charge in [0.15, 0.2) is 0 Å². The maximum atomic E-state index is 13.5. The summed E-state index contributed by atoms with van der Waals surface area (Å²) in [5.41, 5.74) is 3.46. The highest BCUT2D eigenvalue weighted by molar-refractivity contribution is 6.30. The maximum Gasteiger partial charge on any atom is 0.257 e. The molecule has 28 heavy (non-hydrogen) atoms. The van der Waals surface area contributed by atoms with Crippen LogP contribution in [0.25, 0.3) is 5.69 Å². The molecule has 1 atom stereocenters. The van der Waals surface area contributed by atoms with E-state index in [1.54, 1.807) is 23.3 Å². The summed E-state index contributed by atoms with van der Waals surface area (Å²) in [5.74, 6) is 0.0366. The first-order chi connectivity index (χ1) is 13.6. The number of benzene rings is 1.